The summed E-state index contributed by atoms with van der Waals surface area (Å²) in [5, 5.41) is 3.49. The largest absolute Gasteiger partial charge is 0.495 e. The number of nitrogens with zero attached hydrogens (tertiary/aromatic N) is 1. The highest BCUT2D eigenvalue weighted by Gasteiger charge is 2.35. The average molecular weight is 330 g/mol. The molecule has 0 spiro atoms. The monoisotopic (exact) mass is 330 g/mol. The second-order valence-electron chi connectivity index (χ2n) is 5.85. The van der Waals surface area contributed by atoms with E-state index in [0.29, 0.717) is 11.3 Å². The van der Waals surface area contributed by atoms with E-state index in [1.807, 2.05) is 78.9 Å². The molecule has 1 aliphatic rings. The highest BCUT2D eigenvalue weighted by atomic mass is 16.5. The van der Waals surface area contributed by atoms with Crippen molar-refractivity contribution in [3.05, 3.63) is 90.0 Å². The molecule has 0 radical (unpaired) electrons. The average Bonchev–Trinajstić information content (AvgIpc) is 2.68. The Morgan fingerprint density at radius 2 is 1.56 bits per heavy atom. The van der Waals surface area contributed by atoms with Crippen molar-refractivity contribution in [1.29, 1.82) is 0 Å². The van der Waals surface area contributed by atoms with E-state index in [1.54, 1.807) is 12.0 Å². The van der Waals surface area contributed by atoms with Crippen LogP contribution < -0.4 is 15.0 Å². The highest BCUT2D eigenvalue weighted by molar-refractivity contribution is 6.12. The summed E-state index contributed by atoms with van der Waals surface area (Å²) < 4.78 is 5.50. The maximum Gasteiger partial charge on any atom is 0.262 e. The lowest BCUT2D eigenvalue weighted by Gasteiger charge is -2.38. The van der Waals surface area contributed by atoms with Crippen LogP contribution in [0, 0.1) is 0 Å². The van der Waals surface area contributed by atoms with Crippen molar-refractivity contribution >= 4 is 17.3 Å². The van der Waals surface area contributed by atoms with Gasteiger partial charge in [-0.15, -0.1) is 0 Å². The summed E-state index contributed by atoms with van der Waals surface area (Å²) in [5.74, 6) is 0.616. The predicted octanol–water partition coefficient (Wildman–Crippen LogP) is 4.47. The molecule has 0 bridgehead atoms. The van der Waals surface area contributed by atoms with Crippen LogP contribution in [0.1, 0.15) is 22.1 Å². The quantitative estimate of drug-likeness (QED) is 0.770. The predicted molar refractivity (Wildman–Crippen MR) is 99.1 cm³/mol. The van der Waals surface area contributed by atoms with Crippen LogP contribution in [-0.2, 0) is 0 Å². The number of fused-ring (bicyclic) bond motifs is 1. The zero-order chi connectivity index (χ0) is 17.2. The number of hydrogen-bond acceptors (Lipinski definition) is 3. The summed E-state index contributed by atoms with van der Waals surface area (Å²) in [7, 11) is 1.62. The number of methoxy groups -OCH3 is 1. The molecule has 1 atom stereocenters. The molecule has 4 heteroatoms. The van der Waals surface area contributed by atoms with Crippen molar-refractivity contribution in [3.63, 3.8) is 0 Å². The molecular weight excluding hydrogens is 312 g/mol. The van der Waals surface area contributed by atoms with E-state index in [-0.39, 0.29) is 12.1 Å². The van der Waals surface area contributed by atoms with Gasteiger partial charge in [-0.05, 0) is 29.8 Å². The van der Waals surface area contributed by atoms with Crippen LogP contribution in [0.2, 0.25) is 0 Å². The van der Waals surface area contributed by atoms with Crippen LogP contribution in [0.5, 0.6) is 5.75 Å². The normalized spacial score (nSPS) is 16.1. The first-order valence-corrected chi connectivity index (χ1v) is 8.16. The SMILES string of the molecule is COc1ccccc1N1C(=O)c2ccccc2N[C@H]1c1ccccc1. The van der Waals surface area contributed by atoms with E-state index in [1.165, 1.54) is 0 Å². The zero-order valence-corrected chi connectivity index (χ0v) is 13.8. The van der Waals surface area contributed by atoms with Gasteiger partial charge in [0.1, 0.15) is 11.9 Å². The Balaban J connectivity index is 1.90. The summed E-state index contributed by atoms with van der Waals surface area (Å²) in [4.78, 5) is 15.1. The van der Waals surface area contributed by atoms with E-state index in [4.69, 9.17) is 4.74 Å². The molecule has 25 heavy (non-hydrogen) atoms. The van der Waals surface area contributed by atoms with Crippen LogP contribution in [0.25, 0.3) is 0 Å². The third kappa shape index (κ3) is 2.62. The summed E-state index contributed by atoms with van der Waals surface area (Å²) in [6.07, 6.45) is -0.306. The molecular formula is C21H18N2O2. The Morgan fingerprint density at radius 3 is 2.36 bits per heavy atom. The van der Waals surface area contributed by atoms with Crippen LogP contribution in [-0.4, -0.2) is 13.0 Å². The summed E-state index contributed by atoms with van der Waals surface area (Å²) in [5.41, 5.74) is 3.25. The van der Waals surface area contributed by atoms with Crippen molar-refractivity contribution in [1.82, 2.24) is 0 Å². The second kappa shape index (κ2) is 6.32. The van der Waals surface area contributed by atoms with E-state index in [2.05, 4.69) is 5.32 Å². The van der Waals surface area contributed by atoms with Crippen LogP contribution >= 0.6 is 0 Å². The maximum atomic E-state index is 13.3. The molecule has 1 aliphatic heterocycles. The van der Waals surface area contributed by atoms with Crippen molar-refractivity contribution in [3.8, 4) is 5.75 Å². The van der Waals surface area contributed by atoms with Gasteiger partial charge in [-0.2, -0.15) is 0 Å². The van der Waals surface area contributed by atoms with Crippen LogP contribution in [0.15, 0.2) is 78.9 Å². The van der Waals surface area contributed by atoms with Gasteiger partial charge in [0.15, 0.2) is 0 Å². The highest BCUT2D eigenvalue weighted by Crippen LogP contribution is 2.40. The van der Waals surface area contributed by atoms with E-state index < -0.39 is 0 Å². The fraction of sp³-hybridized carbons (Fsp3) is 0.0952. The van der Waals surface area contributed by atoms with E-state index >= 15 is 0 Å². The van der Waals surface area contributed by atoms with Gasteiger partial charge in [-0.25, -0.2) is 0 Å². The Hall–Kier alpha value is -3.27. The molecule has 1 heterocycles. The minimum absolute atomic E-state index is 0.0484. The van der Waals surface area contributed by atoms with Gasteiger partial charge in [-0.1, -0.05) is 54.6 Å². The molecule has 3 aromatic rings. The molecule has 0 aromatic heterocycles. The molecule has 124 valence electrons. The van der Waals surface area contributed by atoms with Gasteiger partial charge in [0.05, 0.1) is 18.4 Å². The summed E-state index contributed by atoms with van der Waals surface area (Å²) in [6.45, 7) is 0. The van der Waals surface area contributed by atoms with Crippen molar-refractivity contribution in [2.24, 2.45) is 0 Å². The first kappa shape index (κ1) is 15.3. The van der Waals surface area contributed by atoms with Gasteiger partial charge in [0.2, 0.25) is 0 Å². The Morgan fingerprint density at radius 1 is 0.880 bits per heavy atom. The first-order chi connectivity index (χ1) is 12.3. The van der Waals surface area contributed by atoms with Crippen molar-refractivity contribution < 1.29 is 9.53 Å². The number of ether oxygens (including phenoxy) is 1. The number of hydrogen-bond donors (Lipinski definition) is 1. The third-order valence-corrected chi connectivity index (χ3v) is 4.39. The number of amides is 1. The standard InChI is InChI=1S/C21H18N2O2/c1-25-19-14-8-7-13-18(19)23-20(15-9-3-2-4-10-15)22-17-12-6-5-11-16(17)21(23)24/h2-14,20,22H,1H3/t20-/m1/s1. The minimum atomic E-state index is -0.306. The van der Waals surface area contributed by atoms with Crippen LogP contribution in [0.3, 0.4) is 0 Å². The fourth-order valence-corrected chi connectivity index (χ4v) is 3.20. The van der Waals surface area contributed by atoms with Gasteiger partial charge >= 0.3 is 0 Å². The minimum Gasteiger partial charge on any atom is -0.495 e. The smallest absolute Gasteiger partial charge is 0.262 e. The molecule has 0 saturated carbocycles. The zero-order valence-electron chi connectivity index (χ0n) is 13.8. The Kier molecular flexibility index (Phi) is 3.86. The number of benzene rings is 3. The van der Waals surface area contributed by atoms with Crippen LogP contribution in [0.4, 0.5) is 11.4 Å². The fourth-order valence-electron chi connectivity index (χ4n) is 3.20. The number of nitrogens with one attached hydrogen (secondary N) is 1. The third-order valence-electron chi connectivity index (χ3n) is 4.39. The lowest BCUT2D eigenvalue weighted by Crippen LogP contribution is -2.43. The maximum absolute atomic E-state index is 13.3. The Labute approximate surface area is 146 Å². The molecule has 0 aliphatic carbocycles. The second-order valence-corrected chi connectivity index (χ2v) is 5.85. The van der Waals surface area contributed by atoms with Gasteiger partial charge in [0.25, 0.3) is 5.91 Å². The summed E-state index contributed by atoms with van der Waals surface area (Å²) in [6, 6.07) is 25.1. The number of para-hydroxylation sites is 3. The lowest BCUT2D eigenvalue weighted by atomic mass is 10.0. The first-order valence-electron chi connectivity index (χ1n) is 8.16. The van der Waals surface area contributed by atoms with E-state index in [0.717, 1.165) is 16.9 Å². The molecule has 0 unspecified atom stereocenters. The van der Waals surface area contributed by atoms with Crippen molar-refractivity contribution in [2.45, 2.75) is 6.17 Å². The molecule has 1 N–H and O–H groups in total. The number of carbonyl (C=O) groups is 1. The van der Waals surface area contributed by atoms with Gasteiger partial charge < -0.3 is 10.1 Å². The van der Waals surface area contributed by atoms with E-state index in [9.17, 15) is 4.79 Å². The van der Waals surface area contributed by atoms with Crippen molar-refractivity contribution in [2.75, 3.05) is 17.3 Å². The number of anilines is 2. The molecule has 4 nitrogen and oxygen atoms in total. The topological polar surface area (TPSA) is 41.6 Å². The Bertz CT molecular complexity index is 909. The molecule has 3 aromatic carbocycles. The number of rotatable bonds is 3. The lowest BCUT2D eigenvalue weighted by molar-refractivity contribution is 0.0974. The number of carbonyl (C=O) groups excluding carboxylic acids is 1. The summed E-state index contributed by atoms with van der Waals surface area (Å²) >= 11 is 0. The molecule has 1 amide bonds. The molecule has 4 rings (SSSR count). The van der Waals surface area contributed by atoms with Gasteiger partial charge in [-0.3, -0.25) is 9.69 Å². The molecule has 0 saturated heterocycles. The van der Waals surface area contributed by atoms with Gasteiger partial charge in [0, 0.05) is 5.69 Å². The molecule has 0 fully saturated rings.